The first-order chi connectivity index (χ1) is 11.3. The Bertz CT molecular complexity index is 627. The normalized spacial score (nSPS) is 19.6. The van der Waals surface area contributed by atoms with Crippen LogP contribution in [0, 0.1) is 5.92 Å². The average Bonchev–Trinajstić information content (AvgIpc) is 2.60. The molecular weight excluding hydrogens is 286 g/mol. The summed E-state index contributed by atoms with van der Waals surface area (Å²) in [4.78, 5) is 14.2. The second kappa shape index (κ2) is 7.42. The lowest BCUT2D eigenvalue weighted by Crippen LogP contribution is -2.44. The molecule has 23 heavy (non-hydrogen) atoms. The molecule has 0 radical (unpaired) electrons. The molecule has 1 N–H and O–H groups in total. The minimum atomic E-state index is -0.234. The van der Waals surface area contributed by atoms with Gasteiger partial charge in [0.25, 0.3) is 0 Å². The Kier molecular flexibility index (Phi) is 5.09. The van der Waals surface area contributed by atoms with Gasteiger partial charge in [-0.2, -0.15) is 0 Å². The predicted molar refractivity (Wildman–Crippen MR) is 90.9 cm³/mol. The minimum Gasteiger partial charge on any atom is -0.394 e. The molecule has 1 amide bonds. The molecule has 1 saturated heterocycles. The summed E-state index contributed by atoms with van der Waals surface area (Å²) in [7, 11) is 0. The van der Waals surface area contributed by atoms with Crippen molar-refractivity contribution in [1.82, 2.24) is 4.90 Å². The predicted octanol–water partition coefficient (Wildman–Crippen LogP) is 3.20. The van der Waals surface area contributed by atoms with Crippen molar-refractivity contribution in [3.63, 3.8) is 0 Å². The molecule has 3 rings (SSSR count). The number of nitrogens with zero attached hydrogens (tertiary/aromatic N) is 1. The van der Waals surface area contributed by atoms with Crippen LogP contribution < -0.4 is 0 Å². The van der Waals surface area contributed by atoms with Crippen LogP contribution in [0.1, 0.15) is 30.0 Å². The van der Waals surface area contributed by atoms with Gasteiger partial charge in [-0.1, -0.05) is 60.7 Å². The van der Waals surface area contributed by atoms with Gasteiger partial charge in [-0.15, -0.1) is 0 Å². The van der Waals surface area contributed by atoms with Crippen molar-refractivity contribution in [1.29, 1.82) is 0 Å². The van der Waals surface area contributed by atoms with Crippen molar-refractivity contribution >= 4 is 5.91 Å². The third-order valence-electron chi connectivity index (χ3n) is 4.64. The number of hydrogen-bond donors (Lipinski definition) is 1. The smallest absolute Gasteiger partial charge is 0.223 e. The van der Waals surface area contributed by atoms with E-state index < -0.39 is 0 Å². The van der Waals surface area contributed by atoms with Crippen LogP contribution in [-0.4, -0.2) is 29.1 Å². The van der Waals surface area contributed by atoms with Gasteiger partial charge in [0.05, 0.1) is 12.6 Å². The van der Waals surface area contributed by atoms with Crippen LogP contribution in [0.2, 0.25) is 0 Å². The molecule has 3 nitrogen and oxygen atoms in total. The van der Waals surface area contributed by atoms with Crippen molar-refractivity contribution in [2.75, 3.05) is 13.2 Å². The maximum absolute atomic E-state index is 12.4. The van der Waals surface area contributed by atoms with E-state index in [1.54, 1.807) is 0 Å². The molecule has 0 saturated carbocycles. The van der Waals surface area contributed by atoms with Gasteiger partial charge in [-0.05, 0) is 29.9 Å². The summed E-state index contributed by atoms with van der Waals surface area (Å²) in [5, 5.41) is 9.83. The van der Waals surface area contributed by atoms with E-state index >= 15 is 0 Å². The molecule has 0 unspecified atom stereocenters. The highest BCUT2D eigenvalue weighted by Crippen LogP contribution is 2.29. The van der Waals surface area contributed by atoms with Crippen LogP contribution in [0.5, 0.6) is 0 Å². The van der Waals surface area contributed by atoms with Crippen molar-refractivity contribution in [3.8, 4) is 0 Å². The Morgan fingerprint density at radius 3 is 2.35 bits per heavy atom. The van der Waals surface area contributed by atoms with Gasteiger partial charge < -0.3 is 10.0 Å². The molecule has 2 aromatic carbocycles. The first-order valence-electron chi connectivity index (χ1n) is 8.27. The molecular formula is C20H23NO2. The molecule has 2 atom stereocenters. The zero-order chi connectivity index (χ0) is 16.1. The third-order valence-corrected chi connectivity index (χ3v) is 4.64. The molecule has 0 aromatic heterocycles. The van der Waals surface area contributed by atoms with E-state index in [1.165, 1.54) is 5.56 Å². The molecule has 1 aliphatic rings. The second-order valence-corrected chi connectivity index (χ2v) is 6.25. The molecule has 0 spiro atoms. The number of carbonyl (C=O) groups excluding carboxylic acids is 1. The summed E-state index contributed by atoms with van der Waals surface area (Å²) in [6.45, 7) is 0.682. The summed E-state index contributed by atoms with van der Waals surface area (Å²) in [6, 6.07) is 20.0. The maximum Gasteiger partial charge on any atom is 0.223 e. The maximum atomic E-state index is 12.4. The minimum absolute atomic E-state index is 0.0339. The highest BCUT2D eigenvalue weighted by Gasteiger charge is 2.31. The summed E-state index contributed by atoms with van der Waals surface area (Å²) < 4.78 is 0. The van der Waals surface area contributed by atoms with Crippen LogP contribution in [0.15, 0.2) is 60.7 Å². The molecule has 0 aliphatic carbocycles. The van der Waals surface area contributed by atoms with Gasteiger partial charge >= 0.3 is 0 Å². The van der Waals surface area contributed by atoms with Crippen molar-refractivity contribution in [3.05, 3.63) is 71.8 Å². The van der Waals surface area contributed by atoms with Crippen LogP contribution >= 0.6 is 0 Å². The van der Waals surface area contributed by atoms with E-state index in [1.807, 2.05) is 41.3 Å². The third kappa shape index (κ3) is 3.80. The number of carbonyl (C=O) groups is 1. The molecule has 2 aromatic rings. The second-order valence-electron chi connectivity index (χ2n) is 6.25. The van der Waals surface area contributed by atoms with Crippen LogP contribution in [0.4, 0.5) is 0 Å². The molecule has 1 aliphatic heterocycles. The van der Waals surface area contributed by atoms with E-state index in [0.29, 0.717) is 18.9 Å². The van der Waals surface area contributed by atoms with Gasteiger partial charge in [-0.25, -0.2) is 0 Å². The van der Waals surface area contributed by atoms with Crippen molar-refractivity contribution < 1.29 is 9.90 Å². The monoisotopic (exact) mass is 309 g/mol. The van der Waals surface area contributed by atoms with E-state index in [4.69, 9.17) is 0 Å². The SMILES string of the molecule is O=C1CC[C@H](Cc2ccccc2)CN1[C@@H](CO)c1ccccc1. The average molecular weight is 309 g/mol. The zero-order valence-electron chi connectivity index (χ0n) is 13.3. The van der Waals surface area contributed by atoms with Crippen molar-refractivity contribution in [2.24, 2.45) is 5.92 Å². The van der Waals surface area contributed by atoms with E-state index in [9.17, 15) is 9.90 Å². The summed E-state index contributed by atoms with van der Waals surface area (Å²) in [5.41, 5.74) is 2.32. The number of hydrogen-bond acceptors (Lipinski definition) is 2. The Morgan fingerprint density at radius 1 is 1.04 bits per heavy atom. The topological polar surface area (TPSA) is 40.5 Å². The van der Waals surface area contributed by atoms with Gasteiger partial charge in [0.15, 0.2) is 0 Å². The number of amides is 1. The van der Waals surface area contributed by atoms with Gasteiger partial charge in [0, 0.05) is 13.0 Å². The Labute approximate surface area is 137 Å². The van der Waals surface area contributed by atoms with Gasteiger partial charge in [0.1, 0.15) is 0 Å². The number of benzene rings is 2. The Morgan fingerprint density at radius 2 is 1.70 bits per heavy atom. The van der Waals surface area contributed by atoms with Gasteiger partial charge in [-0.3, -0.25) is 4.79 Å². The lowest BCUT2D eigenvalue weighted by atomic mass is 9.89. The Hall–Kier alpha value is -2.13. The standard InChI is InChI=1S/C20H23NO2/c22-15-19(18-9-5-2-6-10-18)21-14-17(11-12-20(21)23)13-16-7-3-1-4-8-16/h1-10,17,19,22H,11-15H2/t17-,19+/m1/s1. The van der Waals surface area contributed by atoms with E-state index in [2.05, 4.69) is 24.3 Å². The fraction of sp³-hybridized carbons (Fsp3) is 0.350. The number of piperidine rings is 1. The first kappa shape index (κ1) is 15.8. The zero-order valence-corrected chi connectivity index (χ0v) is 13.3. The Balaban J connectivity index is 1.73. The number of rotatable bonds is 5. The highest BCUT2D eigenvalue weighted by molar-refractivity contribution is 5.77. The van der Waals surface area contributed by atoms with Crippen LogP contribution in [-0.2, 0) is 11.2 Å². The van der Waals surface area contributed by atoms with Crippen LogP contribution in [0.3, 0.4) is 0 Å². The lowest BCUT2D eigenvalue weighted by Gasteiger charge is -2.38. The summed E-state index contributed by atoms with van der Waals surface area (Å²) >= 11 is 0. The largest absolute Gasteiger partial charge is 0.394 e. The van der Waals surface area contributed by atoms with Crippen LogP contribution in [0.25, 0.3) is 0 Å². The fourth-order valence-corrected chi connectivity index (χ4v) is 3.42. The lowest BCUT2D eigenvalue weighted by molar-refractivity contribution is -0.138. The number of aliphatic hydroxyl groups is 1. The van der Waals surface area contributed by atoms with E-state index in [0.717, 1.165) is 18.4 Å². The molecule has 3 heteroatoms. The van der Waals surface area contributed by atoms with Gasteiger partial charge in [0.2, 0.25) is 5.91 Å². The number of likely N-dealkylation sites (tertiary alicyclic amines) is 1. The van der Waals surface area contributed by atoms with E-state index in [-0.39, 0.29) is 18.6 Å². The summed E-state index contributed by atoms with van der Waals surface area (Å²) in [6.07, 6.45) is 2.48. The first-order valence-corrected chi connectivity index (χ1v) is 8.27. The quantitative estimate of drug-likeness (QED) is 0.921. The number of aliphatic hydroxyl groups excluding tert-OH is 1. The molecule has 0 bridgehead atoms. The molecule has 1 fully saturated rings. The fourth-order valence-electron chi connectivity index (χ4n) is 3.42. The molecule has 1 heterocycles. The molecule has 120 valence electrons. The van der Waals surface area contributed by atoms with Crippen molar-refractivity contribution in [2.45, 2.75) is 25.3 Å². The summed E-state index contributed by atoms with van der Waals surface area (Å²) in [5.74, 6) is 0.602. The highest BCUT2D eigenvalue weighted by atomic mass is 16.3.